The second-order valence-electron chi connectivity index (χ2n) is 14.8. The third-order valence-electron chi connectivity index (χ3n) is 10.2. The van der Waals surface area contributed by atoms with Gasteiger partial charge >= 0.3 is 0 Å². The summed E-state index contributed by atoms with van der Waals surface area (Å²) in [7, 11) is -3.60. The number of aromatic nitrogens is 2. The maximum atomic E-state index is 13.4. The summed E-state index contributed by atoms with van der Waals surface area (Å²) in [5, 5.41) is 12.8. The van der Waals surface area contributed by atoms with Crippen LogP contribution < -0.4 is 26.0 Å². The van der Waals surface area contributed by atoms with E-state index < -0.39 is 57.6 Å². The molecule has 19 heteroatoms. The number of ether oxygens (including phenoxy) is 1. The zero-order valence-electron chi connectivity index (χ0n) is 33.5. The highest BCUT2D eigenvalue weighted by Gasteiger charge is 2.46. The van der Waals surface area contributed by atoms with Gasteiger partial charge in [-0.15, -0.1) is 11.3 Å². The van der Waals surface area contributed by atoms with Crippen LogP contribution in [0.5, 0.6) is 5.75 Å². The van der Waals surface area contributed by atoms with Crippen molar-refractivity contribution in [3.05, 3.63) is 89.1 Å². The molecule has 2 aromatic heterocycles. The van der Waals surface area contributed by atoms with Gasteiger partial charge in [0.2, 0.25) is 33.7 Å². The lowest BCUT2D eigenvalue weighted by molar-refractivity contribution is -0.136. The van der Waals surface area contributed by atoms with Gasteiger partial charge in [0.25, 0.3) is 17.7 Å². The molecule has 322 valence electrons. The van der Waals surface area contributed by atoms with Crippen LogP contribution in [0.2, 0.25) is 0 Å². The summed E-state index contributed by atoms with van der Waals surface area (Å²) in [5.41, 5.74) is 1.94. The van der Waals surface area contributed by atoms with E-state index in [1.807, 2.05) is 35.7 Å². The Labute approximate surface area is 356 Å². The molecule has 0 spiro atoms. The number of benzene rings is 2. The van der Waals surface area contributed by atoms with Gasteiger partial charge in [0, 0.05) is 42.7 Å². The number of nitrogens with zero attached hydrogens (tertiary/aromatic N) is 3. The molecule has 1 saturated heterocycles. The maximum Gasteiger partial charge on any atom is 0.266 e. The van der Waals surface area contributed by atoms with Gasteiger partial charge in [-0.05, 0) is 56.7 Å². The van der Waals surface area contributed by atoms with Crippen molar-refractivity contribution in [3.63, 3.8) is 0 Å². The minimum absolute atomic E-state index is 0.0360. The van der Waals surface area contributed by atoms with E-state index >= 15 is 0 Å². The normalized spacial score (nSPS) is 15.6. The Bertz CT molecular complexity index is 2400. The molecule has 0 bridgehead atoms. The van der Waals surface area contributed by atoms with Gasteiger partial charge in [-0.25, -0.2) is 13.4 Å². The molecule has 61 heavy (non-hydrogen) atoms. The third-order valence-corrected chi connectivity index (χ3v) is 12.0. The van der Waals surface area contributed by atoms with Crippen molar-refractivity contribution in [2.24, 2.45) is 0 Å². The number of unbranched alkanes of at least 4 members (excludes halogenated alkanes) is 5. The molecule has 2 aliphatic rings. The van der Waals surface area contributed by atoms with Gasteiger partial charge in [-0.2, -0.15) is 0 Å². The molecule has 4 N–H and O–H groups in total. The Morgan fingerprint density at radius 3 is 2.46 bits per heavy atom. The molecule has 0 aliphatic carbocycles. The zero-order valence-corrected chi connectivity index (χ0v) is 35.1. The van der Waals surface area contributed by atoms with Crippen molar-refractivity contribution in [1.29, 1.82) is 0 Å². The number of hydrogen-bond acceptors (Lipinski definition) is 12. The van der Waals surface area contributed by atoms with Crippen molar-refractivity contribution in [3.8, 4) is 17.0 Å². The van der Waals surface area contributed by atoms with Gasteiger partial charge < -0.3 is 20.7 Å². The highest BCUT2D eigenvalue weighted by Crippen LogP contribution is 2.34. The fourth-order valence-electron chi connectivity index (χ4n) is 6.99. The molecule has 4 aromatic rings. The topological polar surface area (TPSA) is 232 Å². The van der Waals surface area contributed by atoms with E-state index in [-0.39, 0.29) is 47.6 Å². The lowest BCUT2D eigenvalue weighted by atomic mass is 10.0. The van der Waals surface area contributed by atoms with Crippen LogP contribution in [0.1, 0.15) is 102 Å². The van der Waals surface area contributed by atoms with Gasteiger partial charge in [0.05, 0.1) is 35.2 Å². The molecule has 7 amide bonds. The Hall–Kier alpha value is -6.21. The number of nitrogens with one attached hydrogen (secondary N) is 4. The number of fused-ring (bicyclic) bond motifs is 1. The predicted octanol–water partition coefficient (Wildman–Crippen LogP) is 4.26. The van der Waals surface area contributed by atoms with E-state index in [0.29, 0.717) is 56.1 Å². The highest BCUT2D eigenvalue weighted by atomic mass is 32.2. The summed E-state index contributed by atoms with van der Waals surface area (Å²) >= 11 is 1.25. The largest absolute Gasteiger partial charge is 0.493 e. The van der Waals surface area contributed by atoms with Crippen molar-refractivity contribution in [2.75, 3.05) is 24.7 Å². The molecule has 1 unspecified atom stereocenters. The number of carbonyl (C=O) groups is 7. The fraction of sp³-hybridized carbons (Fsp3) is 0.381. The van der Waals surface area contributed by atoms with E-state index in [1.54, 1.807) is 12.1 Å². The number of rotatable bonds is 21. The average Bonchev–Trinajstić information content (AvgIpc) is 3.98. The summed E-state index contributed by atoms with van der Waals surface area (Å²) in [6, 6.07) is 13.6. The van der Waals surface area contributed by atoms with Crippen LogP contribution in [0.4, 0.5) is 5.13 Å². The number of hydrogen-bond donors (Lipinski definition) is 4. The maximum absolute atomic E-state index is 13.4. The lowest BCUT2D eigenvalue weighted by Crippen LogP contribution is -2.54. The molecular formula is C42H47N7O10S2. The number of piperidine rings is 1. The van der Waals surface area contributed by atoms with Gasteiger partial charge in [-0.3, -0.25) is 47.8 Å². The van der Waals surface area contributed by atoms with Gasteiger partial charge in [0.15, 0.2) is 5.13 Å². The molecular weight excluding hydrogens is 827 g/mol. The van der Waals surface area contributed by atoms with Crippen LogP contribution in [0.3, 0.4) is 0 Å². The minimum Gasteiger partial charge on any atom is -0.493 e. The molecule has 1 fully saturated rings. The van der Waals surface area contributed by atoms with Crippen LogP contribution in [0.25, 0.3) is 11.3 Å². The minimum atomic E-state index is -3.60. The number of amides is 7. The standard InChI is InChI=1S/C42H47N7O10S2/c1-61(57,58)48-23-21-28(25-48)37(52)44-30(38(53)47-42-45-31(26-60-42)27-13-6-5-7-14-27)16-9-10-22-43-34(50)18-8-3-2-4-11-24-59-33-17-12-15-29-36(33)41(56)49(40(29)55)32-19-20-35(51)46-39(32)54/h5-7,12-15,17,21,23,25-26,30,32H,2-4,8-11,16,18-20,22,24H2,1H3,(H,43,50)(H,44,52)(H,45,47,53)(H,46,51,54)/t30-,32?/m0/s1. The fourth-order valence-corrected chi connectivity index (χ4v) is 8.30. The Morgan fingerprint density at radius 2 is 1.70 bits per heavy atom. The number of thiazole rings is 1. The molecule has 6 rings (SSSR count). The summed E-state index contributed by atoms with van der Waals surface area (Å²) in [6.07, 6.45) is 9.05. The van der Waals surface area contributed by atoms with E-state index in [9.17, 15) is 42.0 Å². The monoisotopic (exact) mass is 873 g/mol. The Kier molecular flexibility index (Phi) is 14.8. The first-order valence-corrected chi connectivity index (χ1v) is 22.8. The van der Waals surface area contributed by atoms with Crippen LogP contribution >= 0.6 is 11.3 Å². The molecule has 4 heterocycles. The average molecular weight is 874 g/mol. The van der Waals surface area contributed by atoms with Crippen LogP contribution in [0, 0.1) is 0 Å². The van der Waals surface area contributed by atoms with E-state index in [4.69, 9.17) is 4.74 Å². The summed E-state index contributed by atoms with van der Waals surface area (Å²) in [6.45, 7) is 0.686. The number of carbonyl (C=O) groups excluding carboxylic acids is 7. The van der Waals surface area contributed by atoms with Crippen molar-refractivity contribution in [2.45, 2.75) is 82.7 Å². The summed E-state index contributed by atoms with van der Waals surface area (Å²) < 4.78 is 30.6. The van der Waals surface area contributed by atoms with Gasteiger partial charge in [0.1, 0.15) is 17.8 Å². The summed E-state index contributed by atoms with van der Waals surface area (Å²) in [4.78, 5) is 94.7. The summed E-state index contributed by atoms with van der Waals surface area (Å²) in [5.74, 6) is -3.24. The molecule has 2 aliphatic heterocycles. The second kappa shape index (κ2) is 20.4. The third kappa shape index (κ3) is 11.5. The predicted molar refractivity (Wildman–Crippen MR) is 225 cm³/mol. The van der Waals surface area contributed by atoms with Crippen molar-refractivity contribution in [1.82, 2.24) is 29.8 Å². The smallest absolute Gasteiger partial charge is 0.266 e. The molecule has 2 aromatic carbocycles. The molecule has 0 radical (unpaired) electrons. The number of anilines is 1. The SMILES string of the molecule is CS(=O)(=O)n1ccc(C(=O)N[C@@H](CCCCNC(=O)CCCCCCCOc2cccc3c2C(=O)N(C2CCC(=O)NC2=O)C3=O)C(=O)Nc2nc(-c3ccccc3)cs2)c1. The van der Waals surface area contributed by atoms with Crippen LogP contribution in [0.15, 0.2) is 72.4 Å². The Balaban J connectivity index is 0.883. The highest BCUT2D eigenvalue weighted by molar-refractivity contribution is 7.89. The lowest BCUT2D eigenvalue weighted by Gasteiger charge is -2.27. The van der Waals surface area contributed by atoms with Crippen LogP contribution in [-0.2, 0) is 29.2 Å². The second-order valence-corrected chi connectivity index (χ2v) is 17.5. The first-order chi connectivity index (χ1) is 29.3. The first kappa shape index (κ1) is 44.3. The van der Waals surface area contributed by atoms with Crippen LogP contribution in [-0.4, -0.2) is 95.1 Å². The van der Waals surface area contributed by atoms with E-state index in [1.165, 1.54) is 35.9 Å². The Morgan fingerprint density at radius 1 is 0.934 bits per heavy atom. The molecule has 17 nitrogen and oxygen atoms in total. The zero-order chi connectivity index (χ0) is 43.5. The van der Waals surface area contributed by atoms with Crippen molar-refractivity contribution < 1.29 is 46.7 Å². The van der Waals surface area contributed by atoms with E-state index in [0.717, 1.165) is 40.0 Å². The van der Waals surface area contributed by atoms with E-state index in [2.05, 4.69) is 26.3 Å². The molecule has 2 atom stereocenters. The number of imide groups is 2. The quantitative estimate of drug-likeness (QED) is 0.0683. The van der Waals surface area contributed by atoms with Gasteiger partial charge in [-0.1, -0.05) is 55.7 Å². The first-order valence-electron chi connectivity index (χ1n) is 20.1. The molecule has 0 saturated carbocycles. The van der Waals surface area contributed by atoms with Crippen molar-refractivity contribution >= 4 is 67.8 Å².